The number of rotatable bonds is 2. The molecule has 1 saturated heterocycles. The van der Waals surface area contributed by atoms with E-state index in [1.165, 1.54) is 7.05 Å². The van der Waals surface area contributed by atoms with Gasteiger partial charge in [0.05, 0.1) is 5.92 Å². The van der Waals surface area contributed by atoms with E-state index in [1.807, 2.05) is 0 Å². The molecule has 78 valence electrons. The summed E-state index contributed by atoms with van der Waals surface area (Å²) >= 11 is 0. The summed E-state index contributed by atoms with van der Waals surface area (Å²) in [6.45, 7) is 0.0477. The number of primary amides is 2. The third-order valence-corrected chi connectivity index (χ3v) is 2.25. The van der Waals surface area contributed by atoms with Gasteiger partial charge in [-0.1, -0.05) is 0 Å². The van der Waals surface area contributed by atoms with Crippen LogP contribution in [0.25, 0.3) is 0 Å². The summed E-state index contributed by atoms with van der Waals surface area (Å²) in [6, 6.07) is -1.40. The fraction of sp³-hybridized carbons (Fsp3) is 0.571. The number of urea groups is 1. The van der Waals surface area contributed by atoms with Crippen LogP contribution in [0.1, 0.15) is 0 Å². The second kappa shape index (κ2) is 3.52. The smallest absolute Gasteiger partial charge is 0.317 e. The first-order valence-electron chi connectivity index (χ1n) is 4.04. The molecule has 1 fully saturated rings. The molecule has 7 heteroatoms. The predicted octanol–water partition coefficient (Wildman–Crippen LogP) is -2.40. The van der Waals surface area contributed by atoms with Gasteiger partial charge in [0.25, 0.3) is 0 Å². The van der Waals surface area contributed by atoms with Crippen molar-refractivity contribution in [3.8, 4) is 0 Å². The highest BCUT2D eigenvalue weighted by atomic mass is 16.2. The lowest BCUT2D eigenvalue weighted by atomic mass is 9.95. The summed E-state index contributed by atoms with van der Waals surface area (Å²) in [5, 5.41) is 2.43. The summed E-state index contributed by atoms with van der Waals surface area (Å²) in [5.74, 6) is -2.15. The maximum atomic E-state index is 11.1. The second-order valence-electron chi connectivity index (χ2n) is 3.15. The van der Waals surface area contributed by atoms with Crippen molar-refractivity contribution in [3.63, 3.8) is 0 Å². The molecule has 0 radical (unpaired) electrons. The quantitative estimate of drug-likeness (QED) is 0.461. The summed E-state index contributed by atoms with van der Waals surface area (Å²) < 4.78 is 0. The van der Waals surface area contributed by atoms with Gasteiger partial charge in [-0.3, -0.25) is 9.59 Å². The van der Waals surface area contributed by atoms with Gasteiger partial charge in [-0.15, -0.1) is 0 Å². The normalized spacial score (nSPS) is 26.9. The van der Waals surface area contributed by atoms with Crippen molar-refractivity contribution in [3.05, 3.63) is 0 Å². The van der Waals surface area contributed by atoms with Gasteiger partial charge in [0.2, 0.25) is 11.8 Å². The SMILES string of the molecule is CN1C(=O)NCC(C(N)=O)C1C(N)=O. The number of hydrogen-bond acceptors (Lipinski definition) is 3. The second-order valence-corrected chi connectivity index (χ2v) is 3.15. The molecule has 14 heavy (non-hydrogen) atoms. The Hall–Kier alpha value is -1.79. The largest absolute Gasteiger partial charge is 0.369 e. The lowest BCUT2D eigenvalue weighted by Crippen LogP contribution is -2.63. The van der Waals surface area contributed by atoms with Crippen molar-refractivity contribution in [1.29, 1.82) is 0 Å². The van der Waals surface area contributed by atoms with Crippen LogP contribution in [0.4, 0.5) is 4.79 Å². The van der Waals surface area contributed by atoms with E-state index in [4.69, 9.17) is 11.5 Å². The number of hydrogen-bond donors (Lipinski definition) is 3. The Morgan fingerprint density at radius 1 is 1.43 bits per heavy atom. The van der Waals surface area contributed by atoms with E-state index in [0.29, 0.717) is 0 Å². The molecule has 2 atom stereocenters. The van der Waals surface area contributed by atoms with E-state index < -0.39 is 29.8 Å². The number of carbonyl (C=O) groups excluding carboxylic acids is 3. The topological polar surface area (TPSA) is 119 Å². The number of nitrogens with two attached hydrogens (primary N) is 2. The highest BCUT2D eigenvalue weighted by Crippen LogP contribution is 2.13. The Kier molecular flexibility index (Phi) is 2.59. The van der Waals surface area contributed by atoms with Crippen LogP contribution >= 0.6 is 0 Å². The number of amides is 4. The highest BCUT2D eigenvalue weighted by Gasteiger charge is 2.40. The average Bonchev–Trinajstić information content (AvgIpc) is 2.08. The molecular formula is C7H12N4O3. The number of nitrogens with one attached hydrogen (secondary N) is 1. The molecular weight excluding hydrogens is 188 g/mol. The molecule has 5 N–H and O–H groups in total. The lowest BCUT2D eigenvalue weighted by molar-refractivity contribution is -0.132. The van der Waals surface area contributed by atoms with Crippen LogP contribution < -0.4 is 16.8 Å². The zero-order valence-electron chi connectivity index (χ0n) is 7.69. The van der Waals surface area contributed by atoms with Crippen LogP contribution in [0.15, 0.2) is 0 Å². The first-order chi connectivity index (χ1) is 6.45. The van der Waals surface area contributed by atoms with E-state index in [1.54, 1.807) is 0 Å². The monoisotopic (exact) mass is 200 g/mol. The Morgan fingerprint density at radius 3 is 2.43 bits per heavy atom. The Labute approximate surface area is 80.4 Å². The molecule has 1 heterocycles. The van der Waals surface area contributed by atoms with Crippen molar-refractivity contribution >= 4 is 17.8 Å². The van der Waals surface area contributed by atoms with Gasteiger partial charge in [0.15, 0.2) is 0 Å². The van der Waals surface area contributed by atoms with Crippen LogP contribution in [0.5, 0.6) is 0 Å². The summed E-state index contributed by atoms with van der Waals surface area (Å²) in [5.41, 5.74) is 10.2. The predicted molar refractivity (Wildman–Crippen MR) is 46.8 cm³/mol. The standard InChI is InChI=1S/C7H12N4O3/c1-11-4(6(9)13)3(5(8)12)2-10-7(11)14/h3-4H,2H2,1H3,(H2,8,12)(H2,9,13)(H,10,14). The molecule has 1 aliphatic heterocycles. The van der Waals surface area contributed by atoms with Crippen molar-refractivity contribution in [2.45, 2.75) is 6.04 Å². The highest BCUT2D eigenvalue weighted by molar-refractivity contribution is 5.93. The van der Waals surface area contributed by atoms with Crippen LogP contribution in [0.3, 0.4) is 0 Å². The Bertz CT molecular complexity index is 291. The third kappa shape index (κ3) is 1.61. The van der Waals surface area contributed by atoms with Gasteiger partial charge >= 0.3 is 6.03 Å². The van der Waals surface area contributed by atoms with E-state index in [-0.39, 0.29) is 6.54 Å². The van der Waals surface area contributed by atoms with Crippen molar-refractivity contribution in [2.24, 2.45) is 17.4 Å². The molecule has 4 amide bonds. The minimum absolute atomic E-state index is 0.0477. The van der Waals surface area contributed by atoms with Crippen molar-refractivity contribution in [1.82, 2.24) is 10.2 Å². The molecule has 0 aromatic heterocycles. The summed E-state index contributed by atoms with van der Waals surface area (Å²) in [4.78, 5) is 34.2. The number of nitrogens with zero attached hydrogens (tertiary/aromatic N) is 1. The van der Waals surface area contributed by atoms with E-state index in [9.17, 15) is 14.4 Å². The molecule has 0 saturated carbocycles. The maximum Gasteiger partial charge on any atom is 0.317 e. The van der Waals surface area contributed by atoms with Gasteiger partial charge in [0, 0.05) is 13.6 Å². The zero-order valence-corrected chi connectivity index (χ0v) is 7.69. The average molecular weight is 200 g/mol. The van der Waals surface area contributed by atoms with Crippen LogP contribution in [0.2, 0.25) is 0 Å². The van der Waals surface area contributed by atoms with Gasteiger partial charge in [-0.25, -0.2) is 4.79 Å². The Balaban J connectivity index is 2.93. The summed E-state index contributed by atoms with van der Waals surface area (Å²) in [6.07, 6.45) is 0. The van der Waals surface area contributed by atoms with Gasteiger partial charge in [-0.2, -0.15) is 0 Å². The van der Waals surface area contributed by atoms with E-state index in [0.717, 1.165) is 4.90 Å². The van der Waals surface area contributed by atoms with Crippen molar-refractivity contribution < 1.29 is 14.4 Å². The Morgan fingerprint density at radius 2 is 2.00 bits per heavy atom. The molecule has 0 aliphatic carbocycles. The van der Waals surface area contributed by atoms with Crippen LogP contribution in [-0.2, 0) is 9.59 Å². The minimum atomic E-state index is -0.957. The number of carbonyl (C=O) groups is 3. The van der Waals surface area contributed by atoms with Crippen LogP contribution in [0, 0.1) is 5.92 Å². The van der Waals surface area contributed by atoms with Gasteiger partial charge < -0.3 is 21.7 Å². The molecule has 0 aromatic carbocycles. The van der Waals surface area contributed by atoms with E-state index >= 15 is 0 Å². The molecule has 2 unspecified atom stereocenters. The third-order valence-electron chi connectivity index (χ3n) is 2.25. The zero-order chi connectivity index (χ0) is 10.9. The first-order valence-corrected chi connectivity index (χ1v) is 4.04. The minimum Gasteiger partial charge on any atom is -0.369 e. The lowest BCUT2D eigenvalue weighted by Gasteiger charge is -2.35. The van der Waals surface area contributed by atoms with E-state index in [2.05, 4.69) is 5.32 Å². The molecule has 0 bridgehead atoms. The fourth-order valence-electron chi connectivity index (χ4n) is 1.48. The first kappa shape index (κ1) is 10.3. The van der Waals surface area contributed by atoms with Gasteiger partial charge in [0.1, 0.15) is 6.04 Å². The molecule has 7 nitrogen and oxygen atoms in total. The molecule has 1 rings (SSSR count). The maximum absolute atomic E-state index is 11.1. The van der Waals surface area contributed by atoms with Gasteiger partial charge in [-0.05, 0) is 0 Å². The molecule has 1 aliphatic rings. The molecule has 0 aromatic rings. The molecule has 0 spiro atoms. The van der Waals surface area contributed by atoms with Crippen molar-refractivity contribution in [2.75, 3.05) is 13.6 Å². The fourth-order valence-corrected chi connectivity index (χ4v) is 1.48. The van der Waals surface area contributed by atoms with Crippen LogP contribution in [-0.4, -0.2) is 42.4 Å². The number of likely N-dealkylation sites (N-methyl/N-ethyl adjacent to an activating group) is 1. The summed E-state index contributed by atoms with van der Waals surface area (Å²) in [7, 11) is 1.39.